The van der Waals surface area contributed by atoms with E-state index < -0.39 is 0 Å². The summed E-state index contributed by atoms with van der Waals surface area (Å²) in [5.74, 6) is 1.20. The Hall–Kier alpha value is -1.65. The lowest BCUT2D eigenvalue weighted by Gasteiger charge is -2.08. The number of ether oxygens (including phenoxy) is 2. The van der Waals surface area contributed by atoms with Crippen molar-refractivity contribution in [3.63, 3.8) is 0 Å². The molecule has 0 aliphatic rings. The van der Waals surface area contributed by atoms with Gasteiger partial charge in [0.05, 0.1) is 22.8 Å². The molecule has 0 spiro atoms. The number of nitrogens with two attached hydrogens (primary N) is 1. The Morgan fingerprint density at radius 1 is 1.11 bits per heavy atom. The number of pyridine rings is 1. The standard InChI is InChI=1S/C12H10Cl2N2O2/c1-17-12-10(15)4-5-11(16-12)18-7-2-3-8(13)9(14)6-7/h2-6H,15H2,1H3. The molecule has 0 atom stereocenters. The Balaban J connectivity index is 2.25. The van der Waals surface area contributed by atoms with Crippen molar-refractivity contribution in [1.82, 2.24) is 4.98 Å². The number of nitrogens with zero attached hydrogens (tertiary/aromatic N) is 1. The molecule has 2 aromatic rings. The number of rotatable bonds is 3. The fourth-order valence-electron chi connectivity index (χ4n) is 1.32. The number of benzene rings is 1. The summed E-state index contributed by atoms with van der Waals surface area (Å²) in [6, 6.07) is 8.24. The zero-order valence-corrected chi connectivity index (χ0v) is 11.0. The Bertz CT molecular complexity index is 576. The molecule has 1 aromatic carbocycles. The van der Waals surface area contributed by atoms with Crippen LogP contribution in [0.3, 0.4) is 0 Å². The van der Waals surface area contributed by atoms with Gasteiger partial charge in [0.15, 0.2) is 0 Å². The molecule has 0 saturated heterocycles. The number of halogens is 2. The Kier molecular flexibility index (Phi) is 3.79. The van der Waals surface area contributed by atoms with E-state index in [0.717, 1.165) is 0 Å². The Labute approximate surface area is 114 Å². The maximum absolute atomic E-state index is 5.89. The van der Waals surface area contributed by atoms with Crippen LogP contribution in [0.5, 0.6) is 17.5 Å². The van der Waals surface area contributed by atoms with E-state index in [0.29, 0.717) is 33.2 Å². The first-order valence-electron chi connectivity index (χ1n) is 5.03. The average Bonchev–Trinajstić information content (AvgIpc) is 2.36. The van der Waals surface area contributed by atoms with Gasteiger partial charge in [0, 0.05) is 12.1 Å². The van der Waals surface area contributed by atoms with E-state index in [1.165, 1.54) is 7.11 Å². The van der Waals surface area contributed by atoms with Crippen molar-refractivity contribution in [2.75, 3.05) is 12.8 Å². The molecule has 0 radical (unpaired) electrons. The Morgan fingerprint density at radius 2 is 1.89 bits per heavy atom. The SMILES string of the molecule is COc1nc(Oc2ccc(Cl)c(Cl)c2)ccc1N. The summed E-state index contributed by atoms with van der Waals surface area (Å²) in [5.41, 5.74) is 6.10. The molecule has 1 heterocycles. The highest BCUT2D eigenvalue weighted by molar-refractivity contribution is 6.42. The molecule has 0 saturated carbocycles. The van der Waals surface area contributed by atoms with Gasteiger partial charge in [0.25, 0.3) is 0 Å². The molecule has 0 fully saturated rings. The molecule has 2 N–H and O–H groups in total. The summed E-state index contributed by atoms with van der Waals surface area (Å²) in [4.78, 5) is 4.09. The van der Waals surface area contributed by atoms with Crippen LogP contribution in [0, 0.1) is 0 Å². The van der Waals surface area contributed by atoms with Gasteiger partial charge >= 0.3 is 0 Å². The van der Waals surface area contributed by atoms with Gasteiger partial charge in [-0.25, -0.2) is 0 Å². The molecule has 94 valence electrons. The predicted octanol–water partition coefficient (Wildman–Crippen LogP) is 3.77. The lowest BCUT2D eigenvalue weighted by atomic mass is 10.3. The third-order valence-electron chi connectivity index (χ3n) is 2.17. The van der Waals surface area contributed by atoms with Crippen LogP contribution < -0.4 is 15.2 Å². The van der Waals surface area contributed by atoms with E-state index in [4.69, 9.17) is 38.4 Å². The van der Waals surface area contributed by atoms with Gasteiger partial charge in [-0.1, -0.05) is 23.2 Å². The van der Waals surface area contributed by atoms with Crippen LogP contribution in [0.15, 0.2) is 30.3 Å². The second kappa shape index (κ2) is 5.33. The van der Waals surface area contributed by atoms with Crippen LogP contribution in [-0.2, 0) is 0 Å². The van der Waals surface area contributed by atoms with E-state index in [1.54, 1.807) is 30.3 Å². The summed E-state index contributed by atoms with van der Waals surface area (Å²) in [5, 5.41) is 0.878. The van der Waals surface area contributed by atoms with Gasteiger partial charge in [-0.15, -0.1) is 0 Å². The lowest BCUT2D eigenvalue weighted by Crippen LogP contribution is -1.97. The van der Waals surface area contributed by atoms with E-state index in [2.05, 4.69) is 4.98 Å². The van der Waals surface area contributed by atoms with Crippen LogP contribution >= 0.6 is 23.2 Å². The third kappa shape index (κ3) is 2.78. The normalized spacial score (nSPS) is 10.2. The number of hydrogen-bond donors (Lipinski definition) is 1. The minimum Gasteiger partial charge on any atom is -0.479 e. The molecular formula is C12H10Cl2N2O2. The fraction of sp³-hybridized carbons (Fsp3) is 0.0833. The molecule has 18 heavy (non-hydrogen) atoms. The summed E-state index contributed by atoms with van der Waals surface area (Å²) < 4.78 is 10.5. The number of hydrogen-bond acceptors (Lipinski definition) is 4. The zero-order valence-electron chi connectivity index (χ0n) is 9.48. The molecular weight excluding hydrogens is 275 g/mol. The van der Waals surface area contributed by atoms with Crippen LogP contribution in [-0.4, -0.2) is 12.1 Å². The van der Waals surface area contributed by atoms with Crippen LogP contribution in [0.4, 0.5) is 5.69 Å². The minimum atomic E-state index is 0.313. The van der Waals surface area contributed by atoms with Gasteiger partial charge in [-0.3, -0.25) is 0 Å². The van der Waals surface area contributed by atoms with Crippen LogP contribution in [0.25, 0.3) is 0 Å². The second-order valence-electron chi connectivity index (χ2n) is 3.43. The highest BCUT2D eigenvalue weighted by atomic mass is 35.5. The first kappa shape index (κ1) is 12.8. The topological polar surface area (TPSA) is 57.4 Å². The highest BCUT2D eigenvalue weighted by Crippen LogP contribution is 2.30. The average molecular weight is 285 g/mol. The van der Waals surface area contributed by atoms with Gasteiger partial charge in [0.2, 0.25) is 11.8 Å². The van der Waals surface area contributed by atoms with Gasteiger partial charge < -0.3 is 15.2 Å². The molecule has 0 amide bonds. The van der Waals surface area contributed by atoms with Crippen molar-refractivity contribution in [1.29, 1.82) is 0 Å². The molecule has 4 nitrogen and oxygen atoms in total. The smallest absolute Gasteiger partial charge is 0.240 e. The van der Waals surface area contributed by atoms with E-state index in [-0.39, 0.29) is 0 Å². The van der Waals surface area contributed by atoms with E-state index >= 15 is 0 Å². The van der Waals surface area contributed by atoms with Crippen molar-refractivity contribution in [2.45, 2.75) is 0 Å². The third-order valence-corrected chi connectivity index (χ3v) is 2.91. The molecule has 0 bridgehead atoms. The van der Waals surface area contributed by atoms with E-state index in [9.17, 15) is 0 Å². The molecule has 6 heteroatoms. The lowest BCUT2D eigenvalue weighted by molar-refractivity contribution is 0.385. The van der Waals surface area contributed by atoms with Crippen LogP contribution in [0.2, 0.25) is 10.0 Å². The number of anilines is 1. The molecule has 0 unspecified atom stereocenters. The van der Waals surface area contributed by atoms with Gasteiger partial charge in [-0.2, -0.15) is 4.98 Å². The Morgan fingerprint density at radius 3 is 2.56 bits per heavy atom. The number of aromatic nitrogens is 1. The summed E-state index contributed by atoms with van der Waals surface area (Å²) >= 11 is 11.7. The van der Waals surface area contributed by atoms with Crippen molar-refractivity contribution in [3.8, 4) is 17.5 Å². The molecule has 0 aliphatic carbocycles. The molecule has 2 rings (SSSR count). The van der Waals surface area contributed by atoms with Gasteiger partial charge in [-0.05, 0) is 18.2 Å². The van der Waals surface area contributed by atoms with E-state index in [1.807, 2.05) is 0 Å². The minimum absolute atomic E-state index is 0.313. The number of nitrogen functional groups attached to an aromatic ring is 1. The monoisotopic (exact) mass is 284 g/mol. The molecule has 1 aromatic heterocycles. The quantitative estimate of drug-likeness (QED) is 0.932. The fourth-order valence-corrected chi connectivity index (χ4v) is 1.60. The summed E-state index contributed by atoms with van der Waals surface area (Å²) in [6.07, 6.45) is 0. The second-order valence-corrected chi connectivity index (χ2v) is 4.24. The summed E-state index contributed by atoms with van der Waals surface area (Å²) in [7, 11) is 1.49. The highest BCUT2D eigenvalue weighted by Gasteiger charge is 2.06. The first-order valence-corrected chi connectivity index (χ1v) is 5.79. The van der Waals surface area contributed by atoms with Crippen molar-refractivity contribution in [3.05, 3.63) is 40.4 Å². The maximum Gasteiger partial charge on any atom is 0.240 e. The molecule has 0 aliphatic heterocycles. The van der Waals surface area contributed by atoms with Crippen LogP contribution in [0.1, 0.15) is 0 Å². The van der Waals surface area contributed by atoms with Crippen molar-refractivity contribution < 1.29 is 9.47 Å². The van der Waals surface area contributed by atoms with Crippen molar-refractivity contribution in [2.24, 2.45) is 0 Å². The maximum atomic E-state index is 5.89. The zero-order chi connectivity index (χ0) is 13.1. The van der Waals surface area contributed by atoms with Gasteiger partial charge in [0.1, 0.15) is 5.75 Å². The largest absolute Gasteiger partial charge is 0.479 e. The predicted molar refractivity (Wildman–Crippen MR) is 71.7 cm³/mol. The summed E-state index contributed by atoms with van der Waals surface area (Å²) in [6.45, 7) is 0. The first-order chi connectivity index (χ1) is 8.60. The van der Waals surface area contributed by atoms with Crippen molar-refractivity contribution >= 4 is 28.9 Å². The number of methoxy groups -OCH3 is 1.